The van der Waals surface area contributed by atoms with E-state index in [2.05, 4.69) is 10.0 Å². The minimum atomic E-state index is -4.07. The molecule has 0 aliphatic heterocycles. The Balaban J connectivity index is 2.02. The van der Waals surface area contributed by atoms with E-state index in [9.17, 15) is 13.2 Å². The number of benzene rings is 2. The van der Waals surface area contributed by atoms with Crippen LogP contribution in [-0.4, -0.2) is 59.1 Å². The first-order valence-electron chi connectivity index (χ1n) is 11.3. The number of alkyl carbamates (subject to hydrolysis) is 1. The zero-order valence-corrected chi connectivity index (χ0v) is 22.4. The van der Waals surface area contributed by atoms with Crippen molar-refractivity contribution in [1.82, 2.24) is 14.6 Å². The number of aromatic nitrogens is 1. The maximum Gasteiger partial charge on any atom is 0.407 e. The number of nitrogens with zero attached hydrogens (tertiary/aromatic N) is 1. The van der Waals surface area contributed by atoms with E-state index in [1.807, 2.05) is 42.1 Å². The minimum Gasteiger partial charge on any atom is -0.493 e. The zero-order chi connectivity index (χ0) is 26.7. The average Bonchev–Trinajstić information content (AvgIpc) is 3.19. The van der Waals surface area contributed by atoms with Crippen molar-refractivity contribution in [1.29, 1.82) is 0 Å². The van der Waals surface area contributed by atoms with Crippen molar-refractivity contribution in [2.24, 2.45) is 7.05 Å². The predicted octanol–water partition coefficient (Wildman–Crippen LogP) is 3.67. The molecule has 1 heterocycles. The van der Waals surface area contributed by atoms with Gasteiger partial charge in [0.2, 0.25) is 15.8 Å². The molecular weight excluding hydrogens is 486 g/mol. The second kappa shape index (κ2) is 10.7. The van der Waals surface area contributed by atoms with E-state index in [4.69, 9.17) is 18.9 Å². The van der Waals surface area contributed by atoms with Crippen LogP contribution < -0.4 is 24.2 Å². The van der Waals surface area contributed by atoms with Gasteiger partial charge in [0.15, 0.2) is 11.5 Å². The summed E-state index contributed by atoms with van der Waals surface area (Å²) in [6.07, 6.45) is 1.29. The van der Waals surface area contributed by atoms with Crippen molar-refractivity contribution >= 4 is 27.0 Å². The van der Waals surface area contributed by atoms with Crippen LogP contribution in [-0.2, 0) is 21.8 Å². The number of aryl methyl sites for hydroxylation is 1. The van der Waals surface area contributed by atoms with Gasteiger partial charge in [0.05, 0.1) is 26.2 Å². The van der Waals surface area contributed by atoms with Crippen molar-refractivity contribution in [3.05, 3.63) is 36.5 Å². The van der Waals surface area contributed by atoms with E-state index < -0.39 is 21.7 Å². The van der Waals surface area contributed by atoms with Gasteiger partial charge in [0.1, 0.15) is 5.60 Å². The van der Waals surface area contributed by atoms with E-state index in [1.54, 1.807) is 20.8 Å². The molecule has 3 rings (SSSR count). The molecule has 10 nitrogen and oxygen atoms in total. The van der Waals surface area contributed by atoms with Gasteiger partial charge in [-0.05, 0) is 44.5 Å². The maximum absolute atomic E-state index is 13.5. The third kappa shape index (κ3) is 5.85. The molecule has 3 aromatic rings. The van der Waals surface area contributed by atoms with Crippen LogP contribution in [0.25, 0.3) is 22.0 Å². The lowest BCUT2D eigenvalue weighted by Crippen LogP contribution is -2.38. The van der Waals surface area contributed by atoms with Crippen LogP contribution in [0.2, 0.25) is 0 Å². The van der Waals surface area contributed by atoms with Gasteiger partial charge < -0.3 is 28.8 Å². The molecule has 196 valence electrons. The summed E-state index contributed by atoms with van der Waals surface area (Å²) in [6, 6.07) is 8.98. The summed E-state index contributed by atoms with van der Waals surface area (Å²) in [5, 5.41) is 3.47. The normalized spacial score (nSPS) is 11.9. The van der Waals surface area contributed by atoms with Crippen LogP contribution in [0.3, 0.4) is 0 Å². The van der Waals surface area contributed by atoms with Crippen LogP contribution in [0.15, 0.2) is 41.4 Å². The number of amides is 1. The van der Waals surface area contributed by atoms with Crippen LogP contribution in [0.4, 0.5) is 4.79 Å². The van der Waals surface area contributed by atoms with E-state index in [-0.39, 0.29) is 35.2 Å². The fourth-order valence-electron chi connectivity index (χ4n) is 3.80. The van der Waals surface area contributed by atoms with Crippen LogP contribution in [0, 0.1) is 0 Å². The van der Waals surface area contributed by atoms with Gasteiger partial charge in [0, 0.05) is 48.9 Å². The minimum absolute atomic E-state index is 0.0316. The van der Waals surface area contributed by atoms with Gasteiger partial charge in [-0.1, -0.05) is 6.07 Å². The summed E-state index contributed by atoms with van der Waals surface area (Å²) in [5.41, 5.74) is 1.29. The third-order valence-corrected chi connectivity index (χ3v) is 6.83. The first kappa shape index (κ1) is 27.2. The van der Waals surface area contributed by atoms with Gasteiger partial charge in [-0.25, -0.2) is 17.9 Å². The lowest BCUT2D eigenvalue weighted by atomic mass is 10.0. The number of hydrogen-bond donors (Lipinski definition) is 2. The standard InChI is InChI=1S/C25H33N3O7S/c1-25(2,3)35-24(29)26-11-12-27-36(30,31)20-15-19(32-5)22(33-6)23(34-7)21(20)17-8-9-18-16(14-17)10-13-28(18)4/h8-10,13-15,27H,11-12H2,1-7H3,(H,26,29). The number of carbonyl (C=O) groups excluding carboxylic acids is 1. The highest BCUT2D eigenvalue weighted by molar-refractivity contribution is 7.89. The summed E-state index contributed by atoms with van der Waals surface area (Å²) in [7, 11) is 2.18. The molecule has 0 bridgehead atoms. The lowest BCUT2D eigenvalue weighted by molar-refractivity contribution is 0.0529. The van der Waals surface area contributed by atoms with Crippen LogP contribution >= 0.6 is 0 Å². The Morgan fingerprint density at radius 2 is 1.67 bits per heavy atom. The van der Waals surface area contributed by atoms with Crippen LogP contribution in [0.5, 0.6) is 17.2 Å². The molecule has 0 atom stereocenters. The quantitative estimate of drug-likeness (QED) is 0.414. The fraction of sp³-hybridized carbons (Fsp3) is 0.400. The topological polar surface area (TPSA) is 117 Å². The highest BCUT2D eigenvalue weighted by atomic mass is 32.2. The highest BCUT2D eigenvalue weighted by Crippen LogP contribution is 2.48. The van der Waals surface area contributed by atoms with Gasteiger partial charge in [-0.15, -0.1) is 0 Å². The number of nitrogens with one attached hydrogen (secondary N) is 2. The van der Waals surface area contributed by atoms with Gasteiger partial charge in [-0.2, -0.15) is 0 Å². The monoisotopic (exact) mass is 519 g/mol. The number of methoxy groups -OCH3 is 3. The lowest BCUT2D eigenvalue weighted by Gasteiger charge is -2.21. The number of carbonyl (C=O) groups is 1. The number of hydrogen-bond acceptors (Lipinski definition) is 7. The summed E-state index contributed by atoms with van der Waals surface area (Å²) < 4.78 is 53.2. The van der Waals surface area contributed by atoms with Crippen molar-refractivity contribution in [2.75, 3.05) is 34.4 Å². The Hall–Kier alpha value is -3.44. The van der Waals surface area contributed by atoms with E-state index in [0.29, 0.717) is 11.1 Å². The van der Waals surface area contributed by atoms with Gasteiger partial charge in [-0.3, -0.25) is 0 Å². The van der Waals surface area contributed by atoms with Crippen molar-refractivity contribution in [2.45, 2.75) is 31.3 Å². The Morgan fingerprint density at radius 1 is 0.972 bits per heavy atom. The van der Waals surface area contributed by atoms with E-state index in [1.165, 1.54) is 27.4 Å². The van der Waals surface area contributed by atoms with Gasteiger partial charge in [0.25, 0.3) is 0 Å². The molecule has 0 saturated heterocycles. The molecule has 0 aliphatic rings. The molecule has 0 spiro atoms. The number of fused-ring (bicyclic) bond motifs is 1. The summed E-state index contributed by atoms with van der Waals surface area (Å²) >= 11 is 0. The Bertz CT molecular complexity index is 1360. The molecule has 11 heteroatoms. The SMILES string of the molecule is COc1cc(S(=O)(=O)NCCNC(=O)OC(C)(C)C)c(-c2ccc3c(ccn3C)c2)c(OC)c1OC. The number of sulfonamides is 1. The Labute approximate surface area is 211 Å². The fourth-order valence-corrected chi connectivity index (χ4v) is 5.07. The first-order valence-corrected chi connectivity index (χ1v) is 12.7. The van der Waals surface area contributed by atoms with E-state index in [0.717, 1.165) is 10.9 Å². The second-order valence-electron chi connectivity index (χ2n) is 9.05. The Morgan fingerprint density at radius 3 is 2.28 bits per heavy atom. The van der Waals surface area contributed by atoms with Crippen molar-refractivity contribution in [3.63, 3.8) is 0 Å². The van der Waals surface area contributed by atoms with Crippen molar-refractivity contribution in [3.8, 4) is 28.4 Å². The molecule has 2 N–H and O–H groups in total. The predicted molar refractivity (Wildman–Crippen MR) is 137 cm³/mol. The van der Waals surface area contributed by atoms with E-state index >= 15 is 0 Å². The molecule has 0 saturated carbocycles. The third-order valence-electron chi connectivity index (χ3n) is 5.34. The molecule has 1 amide bonds. The van der Waals surface area contributed by atoms with Gasteiger partial charge >= 0.3 is 6.09 Å². The number of ether oxygens (including phenoxy) is 4. The smallest absolute Gasteiger partial charge is 0.407 e. The summed E-state index contributed by atoms with van der Waals surface area (Å²) in [6.45, 7) is 5.20. The largest absolute Gasteiger partial charge is 0.493 e. The van der Waals surface area contributed by atoms with Crippen molar-refractivity contribution < 1.29 is 32.2 Å². The highest BCUT2D eigenvalue weighted by Gasteiger charge is 2.29. The number of rotatable bonds is 9. The zero-order valence-electron chi connectivity index (χ0n) is 21.6. The molecule has 2 aromatic carbocycles. The second-order valence-corrected chi connectivity index (χ2v) is 10.8. The summed E-state index contributed by atoms with van der Waals surface area (Å²) in [4.78, 5) is 11.8. The molecule has 0 fully saturated rings. The average molecular weight is 520 g/mol. The molecular formula is C25H33N3O7S. The molecule has 36 heavy (non-hydrogen) atoms. The molecule has 1 aromatic heterocycles. The first-order chi connectivity index (χ1) is 16.9. The molecule has 0 radical (unpaired) electrons. The summed E-state index contributed by atoms with van der Waals surface area (Å²) in [5.74, 6) is 0.694. The maximum atomic E-state index is 13.5. The van der Waals surface area contributed by atoms with Crippen LogP contribution in [0.1, 0.15) is 20.8 Å². The molecule has 0 aliphatic carbocycles. The molecule has 0 unspecified atom stereocenters. The Kier molecular flexibility index (Phi) is 8.05.